The van der Waals surface area contributed by atoms with Crippen molar-refractivity contribution in [3.8, 4) is 28.1 Å². The average molecular weight is 368 g/mol. The van der Waals surface area contributed by atoms with E-state index >= 15 is 0 Å². The molecular weight excluding hydrogens is 350 g/mol. The summed E-state index contributed by atoms with van der Waals surface area (Å²) in [6, 6.07) is 17.0. The van der Waals surface area contributed by atoms with Gasteiger partial charge in [0.05, 0.1) is 19.2 Å². The Morgan fingerprint density at radius 1 is 1.08 bits per heavy atom. The van der Waals surface area contributed by atoms with Gasteiger partial charge in [-0.05, 0) is 60.5 Å². The van der Waals surface area contributed by atoms with E-state index < -0.39 is 5.97 Å². The van der Waals surface area contributed by atoms with Crippen LogP contribution in [-0.2, 0) is 11.2 Å². The van der Waals surface area contributed by atoms with Crippen molar-refractivity contribution >= 4 is 17.6 Å². The highest BCUT2D eigenvalue weighted by atomic mass is 35.5. The quantitative estimate of drug-likeness (QED) is 0.688. The van der Waals surface area contributed by atoms with E-state index in [-0.39, 0.29) is 6.42 Å². The number of benzene rings is 2. The molecule has 1 aromatic heterocycles. The van der Waals surface area contributed by atoms with Gasteiger partial charge < -0.3 is 9.84 Å². The number of nitrogens with zero attached hydrogens (tertiary/aromatic N) is 1. The van der Waals surface area contributed by atoms with Crippen molar-refractivity contribution in [2.75, 3.05) is 7.11 Å². The van der Waals surface area contributed by atoms with Crippen molar-refractivity contribution in [3.05, 3.63) is 70.9 Å². The molecule has 0 unspecified atom stereocenters. The van der Waals surface area contributed by atoms with Gasteiger partial charge in [-0.15, -0.1) is 0 Å². The number of methoxy groups -OCH3 is 1. The van der Waals surface area contributed by atoms with Crippen LogP contribution in [0.3, 0.4) is 0 Å². The zero-order valence-electron chi connectivity index (χ0n) is 14.5. The molecule has 4 nitrogen and oxygen atoms in total. The summed E-state index contributed by atoms with van der Waals surface area (Å²) in [6.45, 7) is 1.83. The third kappa shape index (κ3) is 3.86. The summed E-state index contributed by atoms with van der Waals surface area (Å²) in [5.41, 5.74) is 4.92. The number of aryl methyl sites for hydroxylation is 1. The molecule has 0 amide bonds. The number of halogens is 1. The first-order chi connectivity index (χ1) is 12.5. The number of carboxylic acids is 1. The summed E-state index contributed by atoms with van der Waals surface area (Å²) in [6.07, 6.45) is -0.0671. The van der Waals surface area contributed by atoms with Gasteiger partial charge in [0.25, 0.3) is 0 Å². The summed E-state index contributed by atoms with van der Waals surface area (Å²) in [5.74, 6) is -0.116. The fourth-order valence-electron chi connectivity index (χ4n) is 2.81. The minimum atomic E-state index is -0.880. The number of pyridine rings is 1. The molecule has 3 aromatic rings. The first-order valence-electron chi connectivity index (χ1n) is 8.10. The number of hydrogen-bond donors (Lipinski definition) is 1. The zero-order valence-corrected chi connectivity index (χ0v) is 15.2. The van der Waals surface area contributed by atoms with E-state index in [9.17, 15) is 9.90 Å². The molecule has 0 saturated heterocycles. The van der Waals surface area contributed by atoms with Gasteiger partial charge in [0.1, 0.15) is 5.75 Å². The zero-order chi connectivity index (χ0) is 18.7. The molecule has 0 aliphatic rings. The van der Waals surface area contributed by atoms with E-state index in [4.69, 9.17) is 21.3 Å². The second kappa shape index (κ2) is 7.58. The summed E-state index contributed by atoms with van der Waals surface area (Å²) in [4.78, 5) is 15.9. The summed E-state index contributed by atoms with van der Waals surface area (Å²) >= 11 is 6.01. The molecule has 0 aliphatic heterocycles. The smallest absolute Gasteiger partial charge is 0.307 e. The highest BCUT2D eigenvalue weighted by Gasteiger charge is 2.15. The molecule has 0 radical (unpaired) electrons. The lowest BCUT2D eigenvalue weighted by Gasteiger charge is -2.14. The molecule has 1 heterocycles. The number of rotatable bonds is 5. The predicted molar refractivity (Wildman–Crippen MR) is 103 cm³/mol. The number of carbonyl (C=O) groups is 1. The van der Waals surface area contributed by atoms with Crippen LogP contribution >= 0.6 is 11.6 Å². The molecule has 0 fully saturated rings. The van der Waals surface area contributed by atoms with E-state index in [0.717, 1.165) is 28.1 Å². The fraction of sp³-hybridized carbons (Fsp3) is 0.143. The first-order valence-corrected chi connectivity index (χ1v) is 8.48. The van der Waals surface area contributed by atoms with Crippen LogP contribution in [0.4, 0.5) is 0 Å². The standard InChI is InChI=1S/C21H18ClNO3/c1-13-16(12-20(24)25)11-19(14-3-7-17(22)8-4-14)21(23-13)15-5-9-18(26-2)10-6-15/h3-11H,12H2,1-2H3,(H,24,25). The van der Waals surface area contributed by atoms with Crippen LogP contribution in [0.2, 0.25) is 5.02 Å². The molecule has 0 saturated carbocycles. The topological polar surface area (TPSA) is 59.4 Å². The number of ether oxygens (including phenoxy) is 1. The molecule has 0 bridgehead atoms. The van der Waals surface area contributed by atoms with E-state index in [0.29, 0.717) is 16.3 Å². The van der Waals surface area contributed by atoms with E-state index in [1.54, 1.807) is 7.11 Å². The normalized spacial score (nSPS) is 10.6. The van der Waals surface area contributed by atoms with Crippen molar-refractivity contribution in [1.29, 1.82) is 0 Å². The van der Waals surface area contributed by atoms with Crippen molar-refractivity contribution < 1.29 is 14.6 Å². The molecule has 26 heavy (non-hydrogen) atoms. The Hall–Kier alpha value is -2.85. The lowest BCUT2D eigenvalue weighted by molar-refractivity contribution is -0.136. The molecular formula is C21H18ClNO3. The Morgan fingerprint density at radius 3 is 2.27 bits per heavy atom. The molecule has 5 heteroatoms. The van der Waals surface area contributed by atoms with Gasteiger partial charge in [0.2, 0.25) is 0 Å². The third-order valence-electron chi connectivity index (χ3n) is 4.18. The van der Waals surface area contributed by atoms with Crippen LogP contribution in [0.5, 0.6) is 5.75 Å². The number of carboxylic acid groups (broad SMARTS) is 1. The molecule has 0 spiro atoms. The third-order valence-corrected chi connectivity index (χ3v) is 4.43. The van der Waals surface area contributed by atoms with Gasteiger partial charge in [-0.25, -0.2) is 0 Å². The maximum absolute atomic E-state index is 11.2. The fourth-order valence-corrected chi connectivity index (χ4v) is 2.93. The van der Waals surface area contributed by atoms with E-state index in [1.165, 1.54) is 0 Å². The highest BCUT2D eigenvalue weighted by molar-refractivity contribution is 6.30. The van der Waals surface area contributed by atoms with Crippen LogP contribution in [-0.4, -0.2) is 23.2 Å². The minimum Gasteiger partial charge on any atom is -0.497 e. The Balaban J connectivity index is 2.18. The van der Waals surface area contributed by atoms with Crippen molar-refractivity contribution in [1.82, 2.24) is 4.98 Å². The molecule has 132 valence electrons. The number of aromatic nitrogens is 1. The summed E-state index contributed by atoms with van der Waals surface area (Å²) < 4.78 is 5.22. The predicted octanol–water partition coefficient (Wildman–Crippen LogP) is 5.01. The van der Waals surface area contributed by atoms with Crippen LogP contribution in [0, 0.1) is 6.92 Å². The Bertz CT molecular complexity index is 935. The van der Waals surface area contributed by atoms with Crippen molar-refractivity contribution in [2.24, 2.45) is 0 Å². The highest BCUT2D eigenvalue weighted by Crippen LogP contribution is 2.34. The maximum atomic E-state index is 11.2. The minimum absolute atomic E-state index is 0.0671. The lowest BCUT2D eigenvalue weighted by Crippen LogP contribution is -2.05. The Kier molecular flexibility index (Phi) is 5.24. The van der Waals surface area contributed by atoms with Gasteiger partial charge in [-0.3, -0.25) is 9.78 Å². The van der Waals surface area contributed by atoms with Crippen LogP contribution < -0.4 is 4.74 Å². The first kappa shape index (κ1) is 18.0. The number of aliphatic carboxylic acids is 1. The molecule has 2 aromatic carbocycles. The van der Waals surface area contributed by atoms with Crippen LogP contribution in [0.25, 0.3) is 22.4 Å². The van der Waals surface area contributed by atoms with E-state index in [2.05, 4.69) is 0 Å². The van der Waals surface area contributed by atoms with Gasteiger partial charge in [0, 0.05) is 21.8 Å². The van der Waals surface area contributed by atoms with Crippen LogP contribution in [0.1, 0.15) is 11.3 Å². The van der Waals surface area contributed by atoms with Crippen molar-refractivity contribution in [2.45, 2.75) is 13.3 Å². The second-order valence-corrected chi connectivity index (χ2v) is 6.37. The molecule has 1 N–H and O–H groups in total. The molecule has 0 atom stereocenters. The lowest BCUT2D eigenvalue weighted by atomic mass is 9.95. The van der Waals surface area contributed by atoms with Crippen LogP contribution in [0.15, 0.2) is 54.6 Å². The van der Waals surface area contributed by atoms with Gasteiger partial charge >= 0.3 is 5.97 Å². The monoisotopic (exact) mass is 367 g/mol. The van der Waals surface area contributed by atoms with Gasteiger partial charge in [-0.1, -0.05) is 23.7 Å². The number of hydrogen-bond acceptors (Lipinski definition) is 3. The summed E-state index contributed by atoms with van der Waals surface area (Å²) in [7, 11) is 1.62. The summed E-state index contributed by atoms with van der Waals surface area (Å²) in [5, 5.41) is 9.82. The Morgan fingerprint density at radius 2 is 1.69 bits per heavy atom. The average Bonchev–Trinajstić information content (AvgIpc) is 2.63. The largest absolute Gasteiger partial charge is 0.497 e. The van der Waals surface area contributed by atoms with E-state index in [1.807, 2.05) is 61.5 Å². The van der Waals surface area contributed by atoms with Gasteiger partial charge in [0.15, 0.2) is 0 Å². The second-order valence-electron chi connectivity index (χ2n) is 5.93. The molecule has 3 rings (SSSR count). The Labute approximate surface area is 157 Å². The SMILES string of the molecule is COc1ccc(-c2nc(C)c(CC(=O)O)cc2-c2ccc(Cl)cc2)cc1. The van der Waals surface area contributed by atoms with Gasteiger partial charge in [-0.2, -0.15) is 0 Å². The molecule has 0 aliphatic carbocycles. The maximum Gasteiger partial charge on any atom is 0.307 e. The van der Waals surface area contributed by atoms with Crippen molar-refractivity contribution in [3.63, 3.8) is 0 Å².